The molecule has 0 aromatic rings. The van der Waals surface area contributed by atoms with Crippen LogP contribution in [0.15, 0.2) is 0 Å². The molecular weight excluding hydrogens is 228 g/mol. The maximum absolute atomic E-state index is 12.0. The van der Waals surface area contributed by atoms with Crippen molar-refractivity contribution in [2.45, 2.75) is 76.0 Å². The van der Waals surface area contributed by atoms with E-state index in [-0.39, 0.29) is 18.1 Å². The van der Waals surface area contributed by atoms with Crippen LogP contribution in [0, 0.1) is 5.92 Å². The highest BCUT2D eigenvalue weighted by Crippen LogP contribution is 2.26. The van der Waals surface area contributed by atoms with E-state index in [2.05, 4.69) is 5.32 Å². The van der Waals surface area contributed by atoms with Crippen molar-refractivity contribution in [3.8, 4) is 0 Å². The highest BCUT2D eigenvalue weighted by Gasteiger charge is 2.26. The second-order valence-electron chi connectivity index (χ2n) is 6.01. The minimum Gasteiger partial charge on any atom is -0.391 e. The lowest BCUT2D eigenvalue weighted by Gasteiger charge is -2.30. The lowest BCUT2D eigenvalue weighted by atomic mass is 9.84. The number of nitrogens with one attached hydrogen (secondary N) is 1. The Labute approximate surface area is 109 Å². The van der Waals surface area contributed by atoms with Gasteiger partial charge in [-0.3, -0.25) is 4.79 Å². The van der Waals surface area contributed by atoms with Crippen LogP contribution in [0.1, 0.15) is 57.8 Å². The second kappa shape index (κ2) is 6.53. The van der Waals surface area contributed by atoms with Crippen LogP contribution in [0.3, 0.4) is 0 Å². The Bertz CT molecular complexity index is 275. The molecule has 0 spiro atoms. The third-order valence-electron chi connectivity index (χ3n) is 4.44. The van der Waals surface area contributed by atoms with Crippen LogP contribution in [0.25, 0.3) is 0 Å². The minimum absolute atomic E-state index is 0.0166. The highest BCUT2D eigenvalue weighted by molar-refractivity contribution is 5.76. The van der Waals surface area contributed by atoms with Crippen LogP contribution in [-0.2, 0) is 4.79 Å². The van der Waals surface area contributed by atoms with Crippen LogP contribution >= 0.6 is 0 Å². The van der Waals surface area contributed by atoms with E-state index in [9.17, 15) is 9.90 Å². The molecule has 2 atom stereocenters. The van der Waals surface area contributed by atoms with E-state index in [0.29, 0.717) is 18.4 Å². The van der Waals surface area contributed by atoms with E-state index in [1.165, 1.54) is 0 Å². The Balaban J connectivity index is 1.71. The molecule has 2 fully saturated rings. The number of carbonyl (C=O) groups is 1. The molecule has 4 heteroatoms. The van der Waals surface area contributed by atoms with Crippen molar-refractivity contribution in [3.63, 3.8) is 0 Å². The predicted molar refractivity (Wildman–Crippen MR) is 71.0 cm³/mol. The lowest BCUT2D eigenvalue weighted by molar-refractivity contribution is -0.124. The molecule has 0 saturated heterocycles. The first-order valence-corrected chi connectivity index (χ1v) is 7.38. The van der Waals surface area contributed by atoms with Crippen LogP contribution in [0.2, 0.25) is 0 Å². The molecule has 2 aliphatic carbocycles. The molecule has 2 aliphatic rings. The molecule has 4 nitrogen and oxygen atoms in total. The van der Waals surface area contributed by atoms with E-state index in [1.54, 1.807) is 0 Å². The van der Waals surface area contributed by atoms with Crippen molar-refractivity contribution in [1.29, 1.82) is 0 Å². The van der Waals surface area contributed by atoms with Crippen molar-refractivity contribution in [1.82, 2.24) is 5.32 Å². The molecule has 18 heavy (non-hydrogen) atoms. The van der Waals surface area contributed by atoms with Crippen LogP contribution < -0.4 is 11.1 Å². The van der Waals surface area contributed by atoms with Gasteiger partial charge in [0.25, 0.3) is 0 Å². The molecular formula is C14H26N2O2. The van der Waals surface area contributed by atoms with Gasteiger partial charge in [-0.05, 0) is 44.4 Å². The van der Waals surface area contributed by atoms with Gasteiger partial charge in [0.05, 0.1) is 12.1 Å². The van der Waals surface area contributed by atoms with Gasteiger partial charge in [-0.25, -0.2) is 0 Å². The average molecular weight is 254 g/mol. The van der Waals surface area contributed by atoms with Gasteiger partial charge < -0.3 is 16.2 Å². The standard InChI is InChI=1S/C14H26N2O2/c15-11-7-5-10(6-8-11)9-14(18)16-12-3-1-2-4-13(12)17/h10-13,17H,1-9,15H2,(H,16,18). The highest BCUT2D eigenvalue weighted by atomic mass is 16.3. The number of aliphatic hydroxyl groups excluding tert-OH is 1. The molecule has 1 amide bonds. The van der Waals surface area contributed by atoms with Gasteiger partial charge in [0.1, 0.15) is 0 Å². The number of hydrogen-bond acceptors (Lipinski definition) is 3. The topological polar surface area (TPSA) is 75.4 Å². The summed E-state index contributed by atoms with van der Waals surface area (Å²) in [4.78, 5) is 12.0. The molecule has 4 N–H and O–H groups in total. The fourth-order valence-corrected chi connectivity index (χ4v) is 3.20. The summed E-state index contributed by atoms with van der Waals surface area (Å²) in [6.07, 6.45) is 8.43. The summed E-state index contributed by atoms with van der Waals surface area (Å²) in [5.41, 5.74) is 5.86. The number of aliphatic hydroxyl groups is 1. The largest absolute Gasteiger partial charge is 0.391 e. The van der Waals surface area contributed by atoms with Gasteiger partial charge in [-0.1, -0.05) is 12.8 Å². The van der Waals surface area contributed by atoms with Gasteiger partial charge >= 0.3 is 0 Å². The van der Waals surface area contributed by atoms with Crippen LogP contribution in [0.4, 0.5) is 0 Å². The third kappa shape index (κ3) is 3.95. The monoisotopic (exact) mass is 254 g/mol. The molecule has 0 bridgehead atoms. The molecule has 0 aliphatic heterocycles. The first-order valence-electron chi connectivity index (χ1n) is 7.38. The molecule has 0 heterocycles. The van der Waals surface area contributed by atoms with Crippen molar-refractivity contribution in [3.05, 3.63) is 0 Å². The quantitative estimate of drug-likeness (QED) is 0.711. The number of nitrogens with two attached hydrogens (primary N) is 1. The maximum atomic E-state index is 12.0. The Morgan fingerprint density at radius 2 is 1.78 bits per heavy atom. The summed E-state index contributed by atoms with van der Waals surface area (Å²) in [6, 6.07) is 0.321. The first-order chi connectivity index (χ1) is 8.65. The summed E-state index contributed by atoms with van der Waals surface area (Å²) in [6.45, 7) is 0. The zero-order valence-electron chi connectivity index (χ0n) is 11.1. The third-order valence-corrected chi connectivity index (χ3v) is 4.44. The van der Waals surface area contributed by atoms with E-state index in [1.807, 2.05) is 0 Å². The van der Waals surface area contributed by atoms with Crippen molar-refractivity contribution in [2.75, 3.05) is 0 Å². The lowest BCUT2D eigenvalue weighted by Crippen LogP contribution is -2.45. The Morgan fingerprint density at radius 3 is 2.44 bits per heavy atom. The first kappa shape index (κ1) is 13.8. The molecule has 2 saturated carbocycles. The van der Waals surface area contributed by atoms with E-state index in [4.69, 9.17) is 5.73 Å². The minimum atomic E-state index is -0.345. The van der Waals surface area contributed by atoms with Crippen molar-refractivity contribution in [2.24, 2.45) is 11.7 Å². The van der Waals surface area contributed by atoms with Crippen LogP contribution in [-0.4, -0.2) is 29.2 Å². The Morgan fingerprint density at radius 1 is 1.11 bits per heavy atom. The number of rotatable bonds is 3. The molecule has 0 radical (unpaired) electrons. The molecule has 2 unspecified atom stereocenters. The Hall–Kier alpha value is -0.610. The van der Waals surface area contributed by atoms with Crippen molar-refractivity contribution >= 4 is 5.91 Å². The van der Waals surface area contributed by atoms with E-state index in [0.717, 1.165) is 51.4 Å². The van der Waals surface area contributed by atoms with Crippen molar-refractivity contribution < 1.29 is 9.90 Å². The number of carbonyl (C=O) groups excluding carboxylic acids is 1. The second-order valence-corrected chi connectivity index (χ2v) is 6.01. The van der Waals surface area contributed by atoms with Crippen LogP contribution in [0.5, 0.6) is 0 Å². The molecule has 104 valence electrons. The van der Waals surface area contributed by atoms with Gasteiger partial charge in [0.2, 0.25) is 5.91 Å². The zero-order valence-corrected chi connectivity index (χ0v) is 11.1. The summed E-state index contributed by atoms with van der Waals surface area (Å²) in [7, 11) is 0. The summed E-state index contributed by atoms with van der Waals surface area (Å²) in [5, 5.41) is 12.8. The SMILES string of the molecule is NC1CCC(CC(=O)NC2CCCCC2O)CC1. The van der Waals surface area contributed by atoms with Gasteiger partial charge in [0, 0.05) is 12.5 Å². The molecule has 2 rings (SSSR count). The average Bonchev–Trinajstić information content (AvgIpc) is 2.35. The number of amides is 1. The van der Waals surface area contributed by atoms with E-state index >= 15 is 0 Å². The van der Waals surface area contributed by atoms with Gasteiger partial charge in [-0.15, -0.1) is 0 Å². The Kier molecular flexibility index (Phi) is 5.01. The fourth-order valence-electron chi connectivity index (χ4n) is 3.20. The fraction of sp³-hybridized carbons (Fsp3) is 0.929. The van der Waals surface area contributed by atoms with Gasteiger partial charge in [-0.2, -0.15) is 0 Å². The number of hydrogen-bond donors (Lipinski definition) is 3. The van der Waals surface area contributed by atoms with Gasteiger partial charge in [0.15, 0.2) is 0 Å². The molecule has 0 aromatic heterocycles. The van der Waals surface area contributed by atoms with E-state index < -0.39 is 0 Å². The summed E-state index contributed by atoms with van der Waals surface area (Å²) >= 11 is 0. The predicted octanol–water partition coefficient (Wildman–Crippen LogP) is 1.31. The molecule has 0 aromatic carbocycles. The maximum Gasteiger partial charge on any atom is 0.220 e. The summed E-state index contributed by atoms with van der Waals surface area (Å²) < 4.78 is 0. The normalized spacial score (nSPS) is 37.2. The summed E-state index contributed by atoms with van der Waals surface area (Å²) in [5.74, 6) is 0.604. The zero-order chi connectivity index (χ0) is 13.0. The smallest absolute Gasteiger partial charge is 0.220 e.